The van der Waals surface area contributed by atoms with E-state index in [2.05, 4.69) is 22.2 Å². The summed E-state index contributed by atoms with van der Waals surface area (Å²) < 4.78 is 0. The van der Waals surface area contributed by atoms with Gasteiger partial charge in [0.1, 0.15) is 5.69 Å². The number of ketones is 1. The van der Waals surface area contributed by atoms with Gasteiger partial charge >= 0.3 is 0 Å². The van der Waals surface area contributed by atoms with Crippen LogP contribution in [0.1, 0.15) is 27.8 Å². The Bertz CT molecular complexity index is 711. The second kappa shape index (κ2) is 7.17. The summed E-state index contributed by atoms with van der Waals surface area (Å²) in [6.07, 6.45) is 3.16. The molecule has 0 saturated heterocycles. The molecule has 0 aliphatic rings. The third kappa shape index (κ3) is 4.02. The molecule has 2 rings (SSSR count). The molecule has 2 N–H and O–H groups in total. The second-order valence-electron chi connectivity index (χ2n) is 4.69. The molecule has 1 aromatic carbocycles. The van der Waals surface area contributed by atoms with Gasteiger partial charge in [0.05, 0.1) is 0 Å². The average Bonchev–Trinajstić information content (AvgIpc) is 2.53. The lowest BCUT2D eigenvalue weighted by Gasteiger charge is -2.09. The van der Waals surface area contributed by atoms with E-state index >= 15 is 0 Å². The minimum absolute atomic E-state index is 0.00266. The minimum atomic E-state index is -0.263. The van der Waals surface area contributed by atoms with Gasteiger partial charge in [-0.05, 0) is 31.2 Å². The van der Waals surface area contributed by atoms with Crippen molar-refractivity contribution in [2.45, 2.75) is 6.92 Å². The van der Waals surface area contributed by atoms with E-state index in [9.17, 15) is 9.59 Å². The molecule has 5 nitrogen and oxygen atoms in total. The molecular weight excluding hydrogens is 278 g/mol. The highest BCUT2D eigenvalue weighted by Crippen LogP contribution is 2.18. The lowest BCUT2D eigenvalue weighted by molar-refractivity contribution is 0.0952. The van der Waals surface area contributed by atoms with Crippen LogP contribution in [0.3, 0.4) is 0 Å². The van der Waals surface area contributed by atoms with Gasteiger partial charge in [0.25, 0.3) is 5.91 Å². The van der Waals surface area contributed by atoms with Crippen LogP contribution in [0.5, 0.6) is 0 Å². The number of hydrogen-bond donors (Lipinski definition) is 2. The molecule has 0 atom stereocenters. The molecule has 5 heteroatoms. The largest absolute Gasteiger partial charge is 0.355 e. The van der Waals surface area contributed by atoms with Crippen molar-refractivity contribution in [3.8, 4) is 0 Å². The first-order valence-electron chi connectivity index (χ1n) is 6.83. The Morgan fingerprint density at radius 3 is 2.73 bits per heavy atom. The number of hydrogen-bond acceptors (Lipinski definition) is 4. The van der Waals surface area contributed by atoms with Gasteiger partial charge in [0, 0.05) is 29.7 Å². The van der Waals surface area contributed by atoms with Crippen molar-refractivity contribution in [2.75, 3.05) is 11.9 Å². The lowest BCUT2D eigenvalue weighted by atomic mass is 10.1. The highest BCUT2D eigenvalue weighted by Gasteiger charge is 2.07. The summed E-state index contributed by atoms with van der Waals surface area (Å²) in [5, 5.41) is 5.83. The van der Waals surface area contributed by atoms with Gasteiger partial charge in [0.2, 0.25) is 0 Å². The van der Waals surface area contributed by atoms with Crippen molar-refractivity contribution >= 4 is 23.1 Å². The molecule has 22 heavy (non-hydrogen) atoms. The Morgan fingerprint density at radius 1 is 1.23 bits per heavy atom. The Labute approximate surface area is 129 Å². The Balaban J connectivity index is 2.16. The molecule has 0 bridgehead atoms. The number of nitrogens with zero attached hydrogens (tertiary/aromatic N) is 1. The molecule has 0 saturated carbocycles. The number of carbonyl (C=O) groups is 2. The molecule has 1 heterocycles. The molecule has 0 spiro atoms. The smallest absolute Gasteiger partial charge is 0.270 e. The maximum absolute atomic E-state index is 11.9. The van der Waals surface area contributed by atoms with Crippen molar-refractivity contribution in [2.24, 2.45) is 0 Å². The highest BCUT2D eigenvalue weighted by atomic mass is 16.1. The van der Waals surface area contributed by atoms with E-state index in [1.165, 1.54) is 6.92 Å². The Hall–Kier alpha value is -2.95. The third-order valence-corrected chi connectivity index (χ3v) is 2.96. The van der Waals surface area contributed by atoms with Crippen molar-refractivity contribution < 1.29 is 9.59 Å². The van der Waals surface area contributed by atoms with E-state index in [0.29, 0.717) is 17.8 Å². The van der Waals surface area contributed by atoms with Crippen LogP contribution in [0.2, 0.25) is 0 Å². The minimum Gasteiger partial charge on any atom is -0.355 e. The molecule has 0 aliphatic heterocycles. The fourth-order valence-corrected chi connectivity index (χ4v) is 1.87. The molecule has 112 valence electrons. The van der Waals surface area contributed by atoms with Crippen LogP contribution in [0.25, 0.3) is 0 Å². The topological polar surface area (TPSA) is 71.1 Å². The summed E-state index contributed by atoms with van der Waals surface area (Å²) in [4.78, 5) is 27.3. The zero-order chi connectivity index (χ0) is 15.9. The van der Waals surface area contributed by atoms with Gasteiger partial charge in [0.15, 0.2) is 5.78 Å². The van der Waals surface area contributed by atoms with E-state index in [-0.39, 0.29) is 11.7 Å². The van der Waals surface area contributed by atoms with Gasteiger partial charge < -0.3 is 10.6 Å². The zero-order valence-electron chi connectivity index (χ0n) is 12.3. The van der Waals surface area contributed by atoms with Crippen LogP contribution in [0, 0.1) is 0 Å². The molecule has 2 aromatic rings. The number of amides is 1. The summed E-state index contributed by atoms with van der Waals surface area (Å²) in [6.45, 7) is 5.46. The van der Waals surface area contributed by atoms with E-state index in [0.717, 1.165) is 11.4 Å². The number of aromatic nitrogens is 1. The number of benzene rings is 1. The van der Waals surface area contributed by atoms with E-state index in [4.69, 9.17) is 0 Å². The van der Waals surface area contributed by atoms with Crippen molar-refractivity contribution in [1.82, 2.24) is 10.3 Å². The quantitative estimate of drug-likeness (QED) is 0.635. The van der Waals surface area contributed by atoms with Gasteiger partial charge in [-0.15, -0.1) is 6.58 Å². The Morgan fingerprint density at radius 2 is 2.00 bits per heavy atom. The average molecular weight is 295 g/mol. The number of pyridine rings is 1. The molecule has 1 amide bonds. The fraction of sp³-hybridized carbons (Fsp3) is 0.118. The first-order chi connectivity index (χ1) is 10.6. The first kappa shape index (κ1) is 15.4. The summed E-state index contributed by atoms with van der Waals surface area (Å²) in [6, 6.07) is 10.6. The van der Waals surface area contributed by atoms with Crippen LogP contribution < -0.4 is 10.6 Å². The fourth-order valence-electron chi connectivity index (χ4n) is 1.87. The first-order valence-corrected chi connectivity index (χ1v) is 6.83. The van der Waals surface area contributed by atoms with Gasteiger partial charge in [-0.1, -0.05) is 18.2 Å². The third-order valence-electron chi connectivity index (χ3n) is 2.96. The summed E-state index contributed by atoms with van der Waals surface area (Å²) in [5.41, 5.74) is 2.44. The van der Waals surface area contributed by atoms with Crippen LogP contribution in [0.4, 0.5) is 11.4 Å². The maximum Gasteiger partial charge on any atom is 0.270 e. The van der Waals surface area contributed by atoms with Crippen LogP contribution >= 0.6 is 0 Å². The number of rotatable bonds is 6. The van der Waals surface area contributed by atoms with Crippen LogP contribution in [-0.2, 0) is 0 Å². The van der Waals surface area contributed by atoms with Crippen molar-refractivity contribution in [3.63, 3.8) is 0 Å². The predicted octanol–water partition coefficient (Wildman–Crippen LogP) is 2.94. The van der Waals surface area contributed by atoms with Gasteiger partial charge in [-0.2, -0.15) is 0 Å². The van der Waals surface area contributed by atoms with E-state index in [1.54, 1.807) is 42.6 Å². The molecule has 0 fully saturated rings. The number of Topliss-reactive ketones (excluding diaryl/α,β-unsaturated/α-hetero) is 1. The lowest BCUT2D eigenvalue weighted by Crippen LogP contribution is -2.24. The van der Waals surface area contributed by atoms with Crippen molar-refractivity contribution in [1.29, 1.82) is 0 Å². The molecule has 1 aromatic heterocycles. The summed E-state index contributed by atoms with van der Waals surface area (Å²) in [7, 11) is 0. The Kier molecular flexibility index (Phi) is 5.03. The number of anilines is 2. The molecule has 0 unspecified atom stereocenters. The highest BCUT2D eigenvalue weighted by molar-refractivity contribution is 5.95. The molecule has 0 aliphatic carbocycles. The van der Waals surface area contributed by atoms with Crippen LogP contribution in [0.15, 0.2) is 55.3 Å². The predicted molar refractivity (Wildman–Crippen MR) is 86.5 cm³/mol. The molecule has 0 radical (unpaired) electrons. The van der Waals surface area contributed by atoms with E-state index < -0.39 is 0 Å². The second-order valence-corrected chi connectivity index (χ2v) is 4.69. The van der Waals surface area contributed by atoms with Gasteiger partial charge in [-0.3, -0.25) is 14.6 Å². The van der Waals surface area contributed by atoms with E-state index in [1.807, 2.05) is 6.07 Å². The van der Waals surface area contributed by atoms with Gasteiger partial charge in [-0.25, -0.2) is 0 Å². The van der Waals surface area contributed by atoms with Crippen LogP contribution in [-0.4, -0.2) is 23.2 Å². The standard InChI is InChI=1S/C17H17N3O2/c1-3-8-19-17(22)16-11-15(7-9-18-16)20-14-6-4-5-13(10-14)12(2)21/h3-7,9-11H,1,8H2,2H3,(H,18,20)(H,19,22). The summed E-state index contributed by atoms with van der Waals surface area (Å²) in [5.74, 6) is -0.260. The monoisotopic (exact) mass is 295 g/mol. The van der Waals surface area contributed by atoms with Crippen molar-refractivity contribution in [3.05, 3.63) is 66.5 Å². The molecular formula is C17H17N3O2. The number of nitrogens with one attached hydrogen (secondary N) is 2. The SMILES string of the molecule is C=CCNC(=O)c1cc(Nc2cccc(C(C)=O)c2)ccn1. The zero-order valence-corrected chi connectivity index (χ0v) is 12.3. The summed E-state index contributed by atoms with van der Waals surface area (Å²) >= 11 is 0. The maximum atomic E-state index is 11.9. The normalized spacial score (nSPS) is 9.86. The number of carbonyl (C=O) groups excluding carboxylic acids is 2.